The molecule has 0 radical (unpaired) electrons. The van der Waals surface area contributed by atoms with Crippen molar-refractivity contribution in [2.45, 2.75) is 102 Å². The van der Waals surface area contributed by atoms with Crippen LogP contribution in [-0.4, -0.2) is 112 Å². The molecule has 4 aliphatic heterocycles. The van der Waals surface area contributed by atoms with Crippen LogP contribution in [-0.2, 0) is 28.7 Å². The Labute approximate surface area is 218 Å². The minimum Gasteiger partial charge on any atom is -0.467 e. The number of carbonyl (C=O) groups excluding carboxylic acids is 5. The SMILES string of the molecule is COC(=O)C1CCCN1C(=O)C1CCCN1C(=O)C1CCCN1C(=O)C1CCCN1C(=O)OC(C)(C)C. The molecule has 4 saturated heterocycles. The fourth-order valence-electron chi connectivity index (χ4n) is 6.12. The first-order valence-corrected chi connectivity index (χ1v) is 13.5. The second kappa shape index (κ2) is 10.9. The van der Waals surface area contributed by atoms with Crippen molar-refractivity contribution in [2.24, 2.45) is 0 Å². The van der Waals surface area contributed by atoms with E-state index in [1.54, 1.807) is 35.5 Å². The Bertz CT molecular complexity index is 932. The third-order valence-corrected chi connectivity index (χ3v) is 7.82. The van der Waals surface area contributed by atoms with Crippen LogP contribution in [0.25, 0.3) is 0 Å². The first-order valence-electron chi connectivity index (χ1n) is 13.5. The molecule has 11 nitrogen and oxygen atoms in total. The molecule has 0 saturated carbocycles. The second-order valence-corrected chi connectivity index (χ2v) is 11.4. The van der Waals surface area contributed by atoms with E-state index in [2.05, 4.69) is 0 Å². The normalized spacial score (nSPS) is 28.1. The average molecular weight is 521 g/mol. The lowest BCUT2D eigenvalue weighted by molar-refractivity contribution is -0.155. The van der Waals surface area contributed by atoms with Gasteiger partial charge in [0.2, 0.25) is 17.7 Å². The number of hydrogen-bond donors (Lipinski definition) is 0. The molecule has 206 valence electrons. The molecule has 4 heterocycles. The van der Waals surface area contributed by atoms with Gasteiger partial charge in [0.1, 0.15) is 29.8 Å². The van der Waals surface area contributed by atoms with Crippen molar-refractivity contribution < 1.29 is 33.4 Å². The van der Waals surface area contributed by atoms with Crippen molar-refractivity contribution in [1.29, 1.82) is 0 Å². The number of carbonyl (C=O) groups is 5. The number of ether oxygens (including phenoxy) is 2. The van der Waals surface area contributed by atoms with E-state index in [-0.39, 0.29) is 17.7 Å². The molecule has 37 heavy (non-hydrogen) atoms. The van der Waals surface area contributed by atoms with Crippen LogP contribution in [0, 0.1) is 0 Å². The molecule has 0 spiro atoms. The van der Waals surface area contributed by atoms with E-state index in [9.17, 15) is 24.0 Å². The van der Waals surface area contributed by atoms with Crippen molar-refractivity contribution in [3.63, 3.8) is 0 Å². The molecule has 0 N–H and O–H groups in total. The lowest BCUT2D eigenvalue weighted by atomic mass is 10.1. The van der Waals surface area contributed by atoms with Crippen LogP contribution in [0.3, 0.4) is 0 Å². The number of hydrogen-bond acceptors (Lipinski definition) is 7. The van der Waals surface area contributed by atoms with Crippen LogP contribution in [0.2, 0.25) is 0 Å². The van der Waals surface area contributed by atoms with Gasteiger partial charge in [-0.2, -0.15) is 0 Å². The number of methoxy groups -OCH3 is 1. The Hall–Kier alpha value is -2.85. The number of nitrogens with zero attached hydrogens (tertiary/aromatic N) is 4. The van der Waals surface area contributed by atoms with E-state index in [0.29, 0.717) is 77.5 Å². The monoisotopic (exact) mass is 520 g/mol. The molecule has 4 amide bonds. The summed E-state index contributed by atoms with van der Waals surface area (Å²) in [6.45, 7) is 7.16. The minimum absolute atomic E-state index is 0.221. The number of esters is 1. The topological polar surface area (TPSA) is 117 Å². The van der Waals surface area contributed by atoms with Crippen molar-refractivity contribution in [2.75, 3.05) is 33.3 Å². The molecule has 0 aromatic carbocycles. The number of amides is 4. The molecule has 4 unspecified atom stereocenters. The van der Waals surface area contributed by atoms with Crippen LogP contribution < -0.4 is 0 Å². The molecule has 4 atom stereocenters. The maximum Gasteiger partial charge on any atom is 0.410 e. The van der Waals surface area contributed by atoms with Crippen molar-refractivity contribution >= 4 is 29.8 Å². The molecule has 0 bridgehead atoms. The Morgan fingerprint density at radius 2 is 0.946 bits per heavy atom. The zero-order chi connectivity index (χ0) is 26.9. The molecule has 4 fully saturated rings. The van der Waals surface area contributed by atoms with E-state index in [4.69, 9.17) is 9.47 Å². The van der Waals surface area contributed by atoms with Crippen LogP contribution in [0.15, 0.2) is 0 Å². The van der Waals surface area contributed by atoms with Gasteiger partial charge in [0.05, 0.1) is 7.11 Å². The smallest absolute Gasteiger partial charge is 0.410 e. The summed E-state index contributed by atoms with van der Waals surface area (Å²) in [5.74, 6) is -1.11. The largest absolute Gasteiger partial charge is 0.467 e. The van der Waals surface area contributed by atoms with Crippen LogP contribution >= 0.6 is 0 Å². The maximum absolute atomic E-state index is 13.7. The van der Waals surface area contributed by atoms with E-state index in [1.165, 1.54) is 12.0 Å². The summed E-state index contributed by atoms with van der Waals surface area (Å²) in [6, 6.07) is -2.55. The van der Waals surface area contributed by atoms with Gasteiger partial charge in [0.25, 0.3) is 0 Å². The third-order valence-electron chi connectivity index (χ3n) is 7.82. The molecule has 11 heteroatoms. The van der Waals surface area contributed by atoms with Crippen molar-refractivity contribution in [3.05, 3.63) is 0 Å². The van der Waals surface area contributed by atoms with Crippen LogP contribution in [0.1, 0.15) is 72.1 Å². The van der Waals surface area contributed by atoms with Gasteiger partial charge in [-0.25, -0.2) is 9.59 Å². The van der Waals surface area contributed by atoms with Gasteiger partial charge in [-0.05, 0) is 72.1 Å². The minimum atomic E-state index is -0.668. The van der Waals surface area contributed by atoms with Gasteiger partial charge in [-0.3, -0.25) is 19.3 Å². The predicted molar refractivity (Wildman–Crippen MR) is 132 cm³/mol. The zero-order valence-corrected chi connectivity index (χ0v) is 22.4. The van der Waals surface area contributed by atoms with E-state index in [1.807, 2.05) is 0 Å². The Morgan fingerprint density at radius 3 is 1.35 bits per heavy atom. The van der Waals surface area contributed by atoms with Crippen LogP contribution in [0.4, 0.5) is 4.79 Å². The van der Waals surface area contributed by atoms with E-state index >= 15 is 0 Å². The molecule has 4 aliphatic rings. The van der Waals surface area contributed by atoms with E-state index < -0.39 is 41.8 Å². The highest BCUT2D eigenvalue weighted by Crippen LogP contribution is 2.30. The highest BCUT2D eigenvalue weighted by Gasteiger charge is 2.48. The number of rotatable bonds is 4. The molecule has 0 aromatic heterocycles. The second-order valence-electron chi connectivity index (χ2n) is 11.4. The lowest BCUT2D eigenvalue weighted by Crippen LogP contribution is -2.57. The lowest BCUT2D eigenvalue weighted by Gasteiger charge is -2.35. The Morgan fingerprint density at radius 1 is 0.595 bits per heavy atom. The van der Waals surface area contributed by atoms with Gasteiger partial charge in [0.15, 0.2) is 0 Å². The van der Waals surface area contributed by atoms with Crippen molar-refractivity contribution in [3.8, 4) is 0 Å². The average Bonchev–Trinajstić information content (AvgIpc) is 3.66. The molecular weight excluding hydrogens is 480 g/mol. The highest BCUT2D eigenvalue weighted by atomic mass is 16.6. The first kappa shape index (κ1) is 27.2. The molecule has 0 aliphatic carbocycles. The van der Waals surface area contributed by atoms with Gasteiger partial charge in [-0.1, -0.05) is 0 Å². The quantitative estimate of drug-likeness (QED) is 0.516. The fourth-order valence-corrected chi connectivity index (χ4v) is 6.12. The Kier molecular flexibility index (Phi) is 7.99. The van der Waals surface area contributed by atoms with Gasteiger partial charge in [0, 0.05) is 26.2 Å². The van der Waals surface area contributed by atoms with Crippen molar-refractivity contribution in [1.82, 2.24) is 19.6 Å². The summed E-state index contributed by atoms with van der Waals surface area (Å²) >= 11 is 0. The number of likely N-dealkylation sites (tertiary alicyclic amines) is 4. The van der Waals surface area contributed by atoms with Gasteiger partial charge >= 0.3 is 12.1 Å². The predicted octanol–water partition coefficient (Wildman–Crippen LogP) is 1.53. The standard InChI is InChI=1S/C26H40N4O7/c1-26(2,3)37-25(35)30-16-7-11-19(30)23(33)28-14-5-9-17(28)21(31)27-13-6-10-18(27)22(32)29-15-8-12-20(29)24(34)36-4/h17-20H,5-16H2,1-4H3. The maximum atomic E-state index is 13.7. The summed E-state index contributed by atoms with van der Waals surface area (Å²) in [5.41, 5.74) is -0.668. The van der Waals surface area contributed by atoms with Gasteiger partial charge < -0.3 is 24.2 Å². The highest BCUT2D eigenvalue weighted by molar-refractivity contribution is 5.95. The molecule has 0 aromatic rings. The van der Waals surface area contributed by atoms with E-state index in [0.717, 1.165) is 0 Å². The van der Waals surface area contributed by atoms with Gasteiger partial charge in [-0.15, -0.1) is 0 Å². The summed E-state index contributed by atoms with van der Waals surface area (Å²) in [4.78, 5) is 72.0. The third kappa shape index (κ3) is 5.55. The zero-order valence-electron chi connectivity index (χ0n) is 22.4. The molecular formula is C26H40N4O7. The van der Waals surface area contributed by atoms with Crippen LogP contribution in [0.5, 0.6) is 0 Å². The summed E-state index contributed by atoms with van der Waals surface area (Å²) in [7, 11) is 1.31. The Balaban J connectivity index is 1.45. The fraction of sp³-hybridized carbons (Fsp3) is 0.808. The molecule has 4 rings (SSSR count). The summed E-state index contributed by atoms with van der Waals surface area (Å²) in [6.07, 6.45) is 4.42. The first-order chi connectivity index (χ1) is 17.5. The summed E-state index contributed by atoms with van der Waals surface area (Å²) < 4.78 is 10.4. The summed E-state index contributed by atoms with van der Waals surface area (Å²) in [5, 5.41) is 0.